The van der Waals surface area contributed by atoms with Crippen LogP contribution in [-0.2, 0) is 9.53 Å². The van der Waals surface area contributed by atoms with Gasteiger partial charge in [-0.15, -0.1) is 0 Å². The van der Waals surface area contributed by atoms with Crippen molar-refractivity contribution in [1.82, 2.24) is 0 Å². The van der Waals surface area contributed by atoms with E-state index in [9.17, 15) is 4.79 Å². The van der Waals surface area contributed by atoms with Crippen molar-refractivity contribution in [2.45, 2.75) is 0 Å². The lowest BCUT2D eigenvalue weighted by Gasteiger charge is -2.09. The van der Waals surface area contributed by atoms with Crippen LogP contribution in [0.5, 0.6) is 17.2 Å². The summed E-state index contributed by atoms with van der Waals surface area (Å²) in [7, 11) is 0. The summed E-state index contributed by atoms with van der Waals surface area (Å²) < 4.78 is 21.0. The summed E-state index contributed by atoms with van der Waals surface area (Å²) in [6.45, 7) is 0.429. The number of esters is 1. The van der Waals surface area contributed by atoms with Crippen molar-refractivity contribution in [3.63, 3.8) is 0 Å². The summed E-state index contributed by atoms with van der Waals surface area (Å²) in [5.74, 6) is 1.24. The fourth-order valence-corrected chi connectivity index (χ4v) is 2.64. The maximum absolute atomic E-state index is 11.7. The van der Waals surface area contributed by atoms with E-state index >= 15 is 0 Å². The molecule has 0 N–H and O–H groups in total. The minimum atomic E-state index is -0.480. The zero-order valence-corrected chi connectivity index (χ0v) is 14.5. The largest absolute Gasteiger partial charge is 0.487 e. The number of fused-ring (bicyclic) bond motifs is 1. The maximum Gasteiger partial charge on any atom is 0.330 e. The lowest BCUT2D eigenvalue weighted by molar-refractivity contribution is -0.138. The van der Waals surface area contributed by atoms with Gasteiger partial charge in [0.25, 0.3) is 0 Å². The molecule has 130 valence electrons. The van der Waals surface area contributed by atoms with Crippen LogP contribution in [0.2, 0.25) is 10.0 Å². The molecule has 7 heteroatoms. The average molecular weight is 381 g/mol. The summed E-state index contributed by atoms with van der Waals surface area (Å²) >= 11 is 12.0. The second-order valence-corrected chi connectivity index (χ2v) is 5.83. The van der Waals surface area contributed by atoms with Gasteiger partial charge in [0, 0.05) is 6.08 Å². The highest BCUT2D eigenvalue weighted by Crippen LogP contribution is 2.33. The van der Waals surface area contributed by atoms with Gasteiger partial charge in [-0.05, 0) is 35.9 Å². The van der Waals surface area contributed by atoms with Crippen molar-refractivity contribution in [3.8, 4) is 17.2 Å². The molecule has 0 fully saturated rings. The van der Waals surface area contributed by atoms with Gasteiger partial charge < -0.3 is 18.9 Å². The third-order valence-electron chi connectivity index (χ3n) is 3.30. The van der Waals surface area contributed by atoms with Crippen LogP contribution in [0.4, 0.5) is 0 Å². The Morgan fingerprint density at radius 1 is 1.08 bits per heavy atom. The molecule has 3 rings (SSSR count). The number of para-hydroxylation sites is 1. The molecule has 0 aromatic heterocycles. The number of rotatable bonds is 6. The fraction of sp³-hybridized carbons (Fsp3) is 0.167. The Labute approximate surface area is 154 Å². The van der Waals surface area contributed by atoms with E-state index in [4.69, 9.17) is 42.1 Å². The van der Waals surface area contributed by atoms with Crippen LogP contribution >= 0.6 is 23.2 Å². The first-order valence-corrected chi connectivity index (χ1v) is 8.20. The minimum Gasteiger partial charge on any atom is -0.487 e. The number of benzene rings is 2. The van der Waals surface area contributed by atoms with Gasteiger partial charge in [-0.2, -0.15) is 0 Å². The quantitative estimate of drug-likeness (QED) is 0.423. The number of hydrogen-bond donors (Lipinski definition) is 0. The van der Waals surface area contributed by atoms with Gasteiger partial charge in [0.1, 0.15) is 13.2 Å². The second-order valence-electron chi connectivity index (χ2n) is 5.01. The molecular formula is C18H14Cl2O5. The molecule has 1 aliphatic rings. The van der Waals surface area contributed by atoms with Crippen molar-refractivity contribution in [2.75, 3.05) is 20.0 Å². The predicted molar refractivity (Wildman–Crippen MR) is 94.5 cm³/mol. The summed E-state index contributed by atoms with van der Waals surface area (Å²) in [6.07, 6.45) is 2.97. The smallest absolute Gasteiger partial charge is 0.330 e. The molecule has 5 nitrogen and oxygen atoms in total. The summed E-state index contributed by atoms with van der Waals surface area (Å²) in [5.41, 5.74) is 0.806. The Kier molecular flexibility index (Phi) is 5.68. The minimum absolute atomic E-state index is 0.0753. The highest BCUT2D eigenvalue weighted by Gasteiger charge is 2.12. The maximum atomic E-state index is 11.7. The molecule has 0 spiro atoms. The first-order chi connectivity index (χ1) is 12.1. The predicted octanol–water partition coefficient (Wildman–Crippen LogP) is 4.36. The number of carbonyl (C=O) groups excluding carboxylic acids is 1. The van der Waals surface area contributed by atoms with Crippen LogP contribution < -0.4 is 14.2 Å². The molecule has 0 amide bonds. The Morgan fingerprint density at radius 2 is 1.84 bits per heavy atom. The lowest BCUT2D eigenvalue weighted by Crippen LogP contribution is -2.10. The van der Waals surface area contributed by atoms with E-state index in [1.54, 1.807) is 36.4 Å². The molecular weight excluding hydrogens is 367 g/mol. The van der Waals surface area contributed by atoms with E-state index in [1.165, 1.54) is 6.08 Å². The lowest BCUT2D eigenvalue weighted by atomic mass is 10.2. The Hall–Kier alpha value is -2.37. The molecule has 2 aromatic carbocycles. The van der Waals surface area contributed by atoms with E-state index in [2.05, 4.69) is 0 Å². The zero-order chi connectivity index (χ0) is 17.6. The van der Waals surface area contributed by atoms with Crippen LogP contribution in [0.1, 0.15) is 5.56 Å². The number of carbonyl (C=O) groups is 1. The van der Waals surface area contributed by atoms with Crippen molar-refractivity contribution in [1.29, 1.82) is 0 Å². The van der Waals surface area contributed by atoms with E-state index in [-0.39, 0.29) is 20.0 Å². The van der Waals surface area contributed by atoms with Gasteiger partial charge in [0.15, 0.2) is 17.2 Å². The monoisotopic (exact) mass is 380 g/mol. The van der Waals surface area contributed by atoms with Crippen molar-refractivity contribution >= 4 is 35.2 Å². The summed E-state index contributed by atoms with van der Waals surface area (Å²) in [6, 6.07) is 10.5. The Balaban J connectivity index is 1.45. The van der Waals surface area contributed by atoms with Gasteiger partial charge in [-0.25, -0.2) is 4.79 Å². The fourth-order valence-electron chi connectivity index (χ4n) is 2.14. The standard InChI is InChI=1S/C18H14Cl2O5/c19-13-2-1-3-14(20)18(13)23-9-8-22-17(21)7-5-12-4-6-15-16(10-12)25-11-24-15/h1-7,10H,8-9,11H2/b7-5+. The highest BCUT2D eigenvalue weighted by atomic mass is 35.5. The van der Waals surface area contributed by atoms with Gasteiger partial charge in [0.05, 0.1) is 10.0 Å². The van der Waals surface area contributed by atoms with Crippen LogP contribution in [-0.4, -0.2) is 26.0 Å². The Bertz CT molecular complexity index is 784. The van der Waals surface area contributed by atoms with Crippen LogP contribution in [0.15, 0.2) is 42.5 Å². The molecule has 1 aliphatic heterocycles. The molecule has 0 saturated heterocycles. The van der Waals surface area contributed by atoms with E-state index in [1.807, 2.05) is 6.07 Å². The van der Waals surface area contributed by atoms with E-state index in [0.717, 1.165) is 5.56 Å². The van der Waals surface area contributed by atoms with Gasteiger partial charge >= 0.3 is 5.97 Å². The Morgan fingerprint density at radius 3 is 2.64 bits per heavy atom. The van der Waals surface area contributed by atoms with Gasteiger partial charge in [0.2, 0.25) is 6.79 Å². The molecule has 1 heterocycles. The van der Waals surface area contributed by atoms with Crippen molar-refractivity contribution < 1.29 is 23.7 Å². The summed E-state index contributed by atoms with van der Waals surface area (Å²) in [5, 5.41) is 0.808. The van der Waals surface area contributed by atoms with Crippen LogP contribution in [0, 0.1) is 0 Å². The molecule has 25 heavy (non-hydrogen) atoms. The first kappa shape index (κ1) is 17.5. The normalized spacial score (nSPS) is 12.4. The first-order valence-electron chi connectivity index (χ1n) is 7.45. The number of hydrogen-bond acceptors (Lipinski definition) is 5. The molecule has 0 bridgehead atoms. The molecule has 0 radical (unpaired) electrons. The van der Waals surface area contributed by atoms with Crippen molar-refractivity contribution in [2.24, 2.45) is 0 Å². The van der Waals surface area contributed by atoms with Crippen LogP contribution in [0.3, 0.4) is 0 Å². The highest BCUT2D eigenvalue weighted by molar-refractivity contribution is 6.37. The molecule has 0 unspecified atom stereocenters. The number of halogens is 2. The van der Waals surface area contributed by atoms with Crippen LogP contribution in [0.25, 0.3) is 6.08 Å². The molecule has 0 aliphatic carbocycles. The number of ether oxygens (including phenoxy) is 4. The zero-order valence-electron chi connectivity index (χ0n) is 13.0. The van der Waals surface area contributed by atoms with E-state index < -0.39 is 5.97 Å². The summed E-state index contributed by atoms with van der Waals surface area (Å²) in [4.78, 5) is 11.7. The van der Waals surface area contributed by atoms with E-state index in [0.29, 0.717) is 27.3 Å². The molecule has 2 aromatic rings. The molecule has 0 atom stereocenters. The third-order valence-corrected chi connectivity index (χ3v) is 3.90. The SMILES string of the molecule is O=C(/C=C/c1ccc2c(c1)OCO2)OCCOc1c(Cl)cccc1Cl. The second kappa shape index (κ2) is 8.14. The third kappa shape index (κ3) is 4.59. The van der Waals surface area contributed by atoms with Gasteiger partial charge in [-0.1, -0.05) is 35.3 Å². The van der Waals surface area contributed by atoms with Crippen molar-refractivity contribution in [3.05, 3.63) is 58.1 Å². The topological polar surface area (TPSA) is 54.0 Å². The van der Waals surface area contributed by atoms with Gasteiger partial charge in [-0.3, -0.25) is 0 Å². The molecule has 0 saturated carbocycles. The average Bonchev–Trinajstić information content (AvgIpc) is 3.06.